The van der Waals surface area contributed by atoms with E-state index in [4.69, 9.17) is 9.84 Å². The van der Waals surface area contributed by atoms with Gasteiger partial charge in [0.15, 0.2) is 6.10 Å². The first-order valence-electron chi connectivity index (χ1n) is 6.35. The van der Waals surface area contributed by atoms with Gasteiger partial charge in [-0.1, -0.05) is 12.1 Å². The van der Waals surface area contributed by atoms with Crippen LogP contribution in [-0.4, -0.2) is 27.1 Å². The van der Waals surface area contributed by atoms with Gasteiger partial charge < -0.3 is 9.84 Å². The molecule has 2 aromatic heterocycles. The number of carbonyl (C=O) groups is 1. The molecule has 3 aromatic rings. The maximum Gasteiger partial charge on any atom is 0.344 e. The summed E-state index contributed by atoms with van der Waals surface area (Å²) < 4.78 is 6.40. The van der Waals surface area contributed by atoms with Crippen LogP contribution in [0.4, 0.5) is 0 Å². The number of carboxylic acid groups (broad SMARTS) is 1. The molecular formula is C15H12N2O3S. The van der Waals surface area contributed by atoms with Gasteiger partial charge in [-0.25, -0.2) is 9.78 Å². The second-order valence-corrected chi connectivity index (χ2v) is 5.47. The van der Waals surface area contributed by atoms with Gasteiger partial charge in [0.2, 0.25) is 0 Å². The van der Waals surface area contributed by atoms with Crippen molar-refractivity contribution in [1.29, 1.82) is 0 Å². The minimum absolute atomic E-state index is 0.473. The molecule has 0 bridgehead atoms. The summed E-state index contributed by atoms with van der Waals surface area (Å²) >= 11 is 1.50. The molecule has 2 heterocycles. The molecule has 0 fully saturated rings. The zero-order valence-electron chi connectivity index (χ0n) is 11.2. The van der Waals surface area contributed by atoms with E-state index in [0.29, 0.717) is 11.3 Å². The lowest BCUT2D eigenvalue weighted by molar-refractivity contribution is -0.144. The van der Waals surface area contributed by atoms with Crippen molar-refractivity contribution in [3.05, 3.63) is 42.6 Å². The molecule has 0 aliphatic rings. The summed E-state index contributed by atoms with van der Waals surface area (Å²) in [4.78, 5) is 19.7. The van der Waals surface area contributed by atoms with Gasteiger partial charge in [0, 0.05) is 6.20 Å². The number of thiazole rings is 1. The second-order valence-electron chi connectivity index (χ2n) is 4.44. The Hall–Kier alpha value is -2.47. The molecule has 0 saturated carbocycles. The highest BCUT2D eigenvalue weighted by Gasteiger charge is 2.16. The Morgan fingerprint density at radius 3 is 2.86 bits per heavy atom. The summed E-state index contributed by atoms with van der Waals surface area (Å²) in [5, 5.41) is 9.73. The summed E-state index contributed by atoms with van der Waals surface area (Å²) in [5.41, 5.74) is 1.45. The third-order valence-electron chi connectivity index (χ3n) is 2.92. The molecule has 0 spiro atoms. The van der Waals surface area contributed by atoms with Crippen LogP contribution in [-0.2, 0) is 4.79 Å². The Morgan fingerprint density at radius 2 is 2.14 bits per heavy atom. The Bertz CT molecular complexity index is 786. The first kappa shape index (κ1) is 13.5. The number of rotatable bonds is 4. The first-order valence-corrected chi connectivity index (χ1v) is 7.17. The van der Waals surface area contributed by atoms with Gasteiger partial charge in [0.1, 0.15) is 16.3 Å². The molecule has 0 saturated heterocycles. The van der Waals surface area contributed by atoms with Crippen LogP contribution < -0.4 is 4.74 Å². The normalized spacial score (nSPS) is 12.2. The second kappa shape index (κ2) is 5.49. The Labute approximate surface area is 124 Å². The number of nitrogens with zero attached hydrogens (tertiary/aromatic N) is 2. The van der Waals surface area contributed by atoms with E-state index in [0.717, 1.165) is 15.4 Å². The lowest BCUT2D eigenvalue weighted by atomic mass is 10.3. The van der Waals surface area contributed by atoms with E-state index in [1.54, 1.807) is 12.3 Å². The van der Waals surface area contributed by atoms with E-state index < -0.39 is 12.1 Å². The van der Waals surface area contributed by atoms with Crippen LogP contribution in [0.3, 0.4) is 0 Å². The van der Waals surface area contributed by atoms with Gasteiger partial charge in [-0.3, -0.25) is 4.98 Å². The van der Waals surface area contributed by atoms with Crippen molar-refractivity contribution in [2.45, 2.75) is 13.0 Å². The maximum absolute atomic E-state index is 10.9. The number of hydrogen-bond donors (Lipinski definition) is 1. The van der Waals surface area contributed by atoms with Crippen LogP contribution in [0.25, 0.3) is 20.9 Å². The van der Waals surface area contributed by atoms with E-state index in [9.17, 15) is 4.79 Å². The van der Waals surface area contributed by atoms with E-state index >= 15 is 0 Å². The average Bonchev–Trinajstić information content (AvgIpc) is 2.93. The van der Waals surface area contributed by atoms with Gasteiger partial charge in [0.05, 0.1) is 10.4 Å². The van der Waals surface area contributed by atoms with E-state index in [-0.39, 0.29) is 0 Å². The summed E-state index contributed by atoms with van der Waals surface area (Å²) in [6.45, 7) is 1.49. The van der Waals surface area contributed by atoms with Crippen LogP contribution in [0.1, 0.15) is 6.92 Å². The van der Waals surface area contributed by atoms with E-state index in [2.05, 4.69) is 9.97 Å². The van der Waals surface area contributed by atoms with Gasteiger partial charge in [-0.05, 0) is 31.2 Å². The molecule has 3 rings (SSSR count). The standard InChI is InChI=1S/C15H12N2O3S/c1-9(15(18)19)20-11-6-4-7-12-13(11)17-14(21-12)10-5-2-3-8-16-10/h2-9H,1H3,(H,18,19). The molecule has 5 nitrogen and oxygen atoms in total. The molecule has 1 aromatic carbocycles. The molecule has 0 amide bonds. The van der Waals surface area contributed by atoms with Crippen LogP contribution in [0, 0.1) is 0 Å². The van der Waals surface area contributed by atoms with Crippen molar-refractivity contribution in [2.24, 2.45) is 0 Å². The maximum atomic E-state index is 10.9. The number of fused-ring (bicyclic) bond motifs is 1. The fourth-order valence-corrected chi connectivity index (χ4v) is 2.82. The smallest absolute Gasteiger partial charge is 0.344 e. The van der Waals surface area contributed by atoms with Gasteiger partial charge >= 0.3 is 5.97 Å². The average molecular weight is 300 g/mol. The fourth-order valence-electron chi connectivity index (χ4n) is 1.86. The molecule has 106 valence electrons. The van der Waals surface area contributed by atoms with Gasteiger partial charge in [0.25, 0.3) is 0 Å². The third-order valence-corrected chi connectivity index (χ3v) is 3.96. The van der Waals surface area contributed by atoms with E-state index in [1.165, 1.54) is 18.3 Å². The molecular weight excluding hydrogens is 288 g/mol. The van der Waals surface area contributed by atoms with Gasteiger partial charge in [-0.2, -0.15) is 0 Å². The molecule has 0 aliphatic carbocycles. The predicted octanol–water partition coefficient (Wildman–Crippen LogP) is 3.21. The number of pyridine rings is 1. The lowest BCUT2D eigenvalue weighted by Gasteiger charge is -2.10. The molecule has 0 radical (unpaired) electrons. The van der Waals surface area contributed by atoms with Crippen LogP contribution in [0.15, 0.2) is 42.6 Å². The van der Waals surface area contributed by atoms with Crippen molar-refractivity contribution < 1.29 is 14.6 Å². The quantitative estimate of drug-likeness (QED) is 0.801. The minimum atomic E-state index is -1.01. The molecule has 1 atom stereocenters. The molecule has 0 aliphatic heterocycles. The van der Waals surface area contributed by atoms with Crippen molar-refractivity contribution >= 4 is 27.5 Å². The zero-order chi connectivity index (χ0) is 14.8. The summed E-state index contributed by atoms with van der Waals surface area (Å²) in [6, 6.07) is 11.1. The van der Waals surface area contributed by atoms with Gasteiger partial charge in [-0.15, -0.1) is 11.3 Å². The zero-order valence-corrected chi connectivity index (χ0v) is 12.0. The van der Waals surface area contributed by atoms with E-state index in [1.807, 2.05) is 30.3 Å². The Balaban J connectivity index is 2.04. The predicted molar refractivity (Wildman–Crippen MR) is 80.6 cm³/mol. The summed E-state index contributed by atoms with van der Waals surface area (Å²) in [6.07, 6.45) is 0.793. The van der Waals surface area contributed by atoms with Crippen molar-refractivity contribution in [3.63, 3.8) is 0 Å². The fraction of sp³-hybridized carbons (Fsp3) is 0.133. The highest BCUT2D eigenvalue weighted by molar-refractivity contribution is 7.21. The third kappa shape index (κ3) is 2.71. The van der Waals surface area contributed by atoms with Crippen LogP contribution in [0.2, 0.25) is 0 Å². The topological polar surface area (TPSA) is 72.3 Å². The molecule has 6 heteroatoms. The van der Waals surface area contributed by atoms with Crippen molar-refractivity contribution in [3.8, 4) is 16.5 Å². The SMILES string of the molecule is CC(Oc1cccc2sc(-c3ccccn3)nc12)C(=O)O. The summed E-state index contributed by atoms with van der Waals surface area (Å²) in [7, 11) is 0. The highest BCUT2D eigenvalue weighted by Crippen LogP contribution is 2.34. The monoisotopic (exact) mass is 300 g/mol. The Kier molecular flexibility index (Phi) is 3.53. The Morgan fingerprint density at radius 1 is 1.29 bits per heavy atom. The number of ether oxygens (including phenoxy) is 1. The van der Waals surface area contributed by atoms with Crippen molar-refractivity contribution in [1.82, 2.24) is 9.97 Å². The molecule has 21 heavy (non-hydrogen) atoms. The first-order chi connectivity index (χ1) is 10.1. The molecule has 1 N–H and O–H groups in total. The number of hydrogen-bond acceptors (Lipinski definition) is 5. The lowest BCUT2D eigenvalue weighted by Crippen LogP contribution is -2.22. The van der Waals surface area contributed by atoms with Crippen molar-refractivity contribution in [2.75, 3.05) is 0 Å². The minimum Gasteiger partial charge on any atom is -0.479 e. The number of para-hydroxylation sites is 1. The van der Waals surface area contributed by atoms with Crippen LogP contribution >= 0.6 is 11.3 Å². The number of aliphatic carboxylic acids is 1. The number of carboxylic acids is 1. The highest BCUT2D eigenvalue weighted by atomic mass is 32.1. The number of benzene rings is 1. The summed E-state index contributed by atoms with van der Waals surface area (Å²) in [5.74, 6) is -0.534. The van der Waals surface area contributed by atoms with Crippen LogP contribution in [0.5, 0.6) is 5.75 Å². The largest absolute Gasteiger partial charge is 0.479 e. The molecule has 1 unspecified atom stereocenters. The number of aromatic nitrogens is 2.